The molecule has 0 saturated carbocycles. The van der Waals surface area contributed by atoms with Gasteiger partial charge in [0.25, 0.3) is 0 Å². The lowest BCUT2D eigenvalue weighted by Crippen LogP contribution is -2.00. The summed E-state index contributed by atoms with van der Waals surface area (Å²) >= 11 is 3.15. The van der Waals surface area contributed by atoms with Gasteiger partial charge in [0.15, 0.2) is 5.75 Å². The monoisotopic (exact) mass is 249 g/mol. The van der Waals surface area contributed by atoms with E-state index in [0.717, 1.165) is 0 Å². The summed E-state index contributed by atoms with van der Waals surface area (Å²) in [5.41, 5.74) is 0.463. The lowest BCUT2D eigenvalue weighted by atomic mass is 10.3. The van der Waals surface area contributed by atoms with Crippen LogP contribution >= 0.6 is 15.9 Å². The predicted molar refractivity (Wildman–Crippen MR) is 53.5 cm³/mol. The Kier molecular flexibility index (Phi) is 3.11. The van der Waals surface area contributed by atoms with Crippen LogP contribution in [0.1, 0.15) is 0 Å². The molecule has 1 atom stereocenters. The Bertz CT molecular complexity index is 316. The first-order valence-electron chi connectivity index (χ1n) is 3.19. The Balaban J connectivity index is 3.00. The molecular formula is C7H8BrNO2S. The third-order valence-electron chi connectivity index (χ3n) is 1.24. The highest BCUT2D eigenvalue weighted by Crippen LogP contribution is 2.31. The molecule has 0 aromatic heterocycles. The standard InChI is InChI=1S/C7H8BrNO2S/c1-12(11)9-6-4-2-3-5(8)7(6)10/h2-4,9-10H,1H3. The van der Waals surface area contributed by atoms with Gasteiger partial charge in [0.1, 0.15) is 11.0 Å². The number of benzene rings is 1. The molecule has 0 bridgehead atoms. The van der Waals surface area contributed by atoms with Gasteiger partial charge in [-0.3, -0.25) is 0 Å². The molecule has 0 saturated heterocycles. The number of hydrogen-bond donors (Lipinski definition) is 2. The molecule has 12 heavy (non-hydrogen) atoms. The van der Waals surface area contributed by atoms with Gasteiger partial charge >= 0.3 is 0 Å². The molecule has 0 aliphatic heterocycles. The summed E-state index contributed by atoms with van der Waals surface area (Å²) < 4.78 is 13.9. The van der Waals surface area contributed by atoms with Crippen LogP contribution in [0, 0.1) is 0 Å². The second kappa shape index (κ2) is 3.91. The second-order valence-electron chi connectivity index (χ2n) is 2.19. The minimum atomic E-state index is -1.17. The maximum Gasteiger partial charge on any atom is 0.153 e. The van der Waals surface area contributed by atoms with Crippen LogP contribution in [0.3, 0.4) is 0 Å². The number of hydrogen-bond acceptors (Lipinski definition) is 2. The molecule has 0 aliphatic rings. The number of phenolic OH excluding ortho intramolecular Hbond substituents is 1. The van der Waals surface area contributed by atoms with Crippen molar-refractivity contribution in [1.82, 2.24) is 0 Å². The normalized spacial score (nSPS) is 12.5. The highest BCUT2D eigenvalue weighted by molar-refractivity contribution is 9.10. The minimum absolute atomic E-state index is 0.0766. The quantitative estimate of drug-likeness (QED) is 0.787. The summed E-state index contributed by atoms with van der Waals surface area (Å²) in [5.74, 6) is 0.0766. The fraction of sp³-hybridized carbons (Fsp3) is 0.143. The number of rotatable bonds is 2. The largest absolute Gasteiger partial charge is 0.505 e. The van der Waals surface area contributed by atoms with Crippen LogP contribution in [0.25, 0.3) is 0 Å². The van der Waals surface area contributed by atoms with E-state index in [1.807, 2.05) is 0 Å². The van der Waals surface area contributed by atoms with Gasteiger partial charge in [-0.15, -0.1) is 0 Å². The zero-order valence-electron chi connectivity index (χ0n) is 6.37. The van der Waals surface area contributed by atoms with Gasteiger partial charge in [0.05, 0.1) is 10.2 Å². The number of anilines is 1. The molecule has 0 amide bonds. The molecule has 2 N–H and O–H groups in total. The van der Waals surface area contributed by atoms with Crippen molar-refractivity contribution >= 4 is 32.6 Å². The van der Waals surface area contributed by atoms with Crippen molar-refractivity contribution in [3.05, 3.63) is 22.7 Å². The molecule has 0 spiro atoms. The zero-order valence-corrected chi connectivity index (χ0v) is 8.78. The fourth-order valence-corrected chi connectivity index (χ4v) is 1.59. The summed E-state index contributed by atoms with van der Waals surface area (Å²) in [7, 11) is -1.17. The van der Waals surface area contributed by atoms with Crippen molar-refractivity contribution in [3.63, 3.8) is 0 Å². The number of phenols is 1. The molecular weight excluding hydrogens is 242 g/mol. The van der Waals surface area contributed by atoms with Crippen molar-refractivity contribution in [2.45, 2.75) is 0 Å². The molecule has 0 heterocycles. The van der Waals surface area contributed by atoms with E-state index in [1.165, 1.54) is 6.26 Å². The van der Waals surface area contributed by atoms with E-state index in [-0.39, 0.29) is 5.75 Å². The Morgan fingerprint density at radius 2 is 2.25 bits per heavy atom. The Hall–Kier alpha value is -0.550. The van der Waals surface area contributed by atoms with Crippen LogP contribution in [-0.4, -0.2) is 15.6 Å². The highest BCUT2D eigenvalue weighted by atomic mass is 79.9. The van der Waals surface area contributed by atoms with Gasteiger partial charge in [-0.2, -0.15) is 0 Å². The van der Waals surface area contributed by atoms with Crippen molar-refractivity contribution in [2.75, 3.05) is 11.0 Å². The van der Waals surface area contributed by atoms with Crippen molar-refractivity contribution in [2.24, 2.45) is 0 Å². The predicted octanol–water partition coefficient (Wildman–Crippen LogP) is 1.86. The lowest BCUT2D eigenvalue weighted by Gasteiger charge is -2.05. The first kappa shape index (κ1) is 9.54. The molecule has 3 nitrogen and oxygen atoms in total. The Morgan fingerprint density at radius 1 is 1.58 bits per heavy atom. The van der Waals surface area contributed by atoms with E-state index in [2.05, 4.69) is 20.7 Å². The van der Waals surface area contributed by atoms with Crippen molar-refractivity contribution in [1.29, 1.82) is 0 Å². The molecule has 66 valence electrons. The first-order chi connectivity index (χ1) is 5.61. The van der Waals surface area contributed by atoms with E-state index in [4.69, 9.17) is 0 Å². The Labute approximate surface area is 81.5 Å². The average molecular weight is 250 g/mol. The zero-order chi connectivity index (χ0) is 9.14. The third-order valence-corrected chi connectivity index (χ3v) is 2.39. The molecule has 1 unspecified atom stereocenters. The third kappa shape index (κ3) is 2.22. The smallest absolute Gasteiger partial charge is 0.153 e. The number of nitrogens with one attached hydrogen (secondary N) is 1. The lowest BCUT2D eigenvalue weighted by molar-refractivity contribution is 0.474. The van der Waals surface area contributed by atoms with Gasteiger partial charge in [-0.1, -0.05) is 6.07 Å². The van der Waals surface area contributed by atoms with Gasteiger partial charge in [-0.25, -0.2) is 4.21 Å². The molecule has 0 radical (unpaired) electrons. The number of aromatic hydroxyl groups is 1. The Morgan fingerprint density at radius 3 is 2.83 bits per heavy atom. The molecule has 1 rings (SSSR count). The SMILES string of the molecule is CS(=O)Nc1cccc(Br)c1O. The summed E-state index contributed by atoms with van der Waals surface area (Å²) in [6.07, 6.45) is 1.50. The first-order valence-corrected chi connectivity index (χ1v) is 5.54. The summed E-state index contributed by atoms with van der Waals surface area (Å²) in [6.45, 7) is 0. The minimum Gasteiger partial charge on any atom is -0.505 e. The van der Waals surface area contributed by atoms with E-state index in [9.17, 15) is 9.32 Å². The van der Waals surface area contributed by atoms with Crippen molar-refractivity contribution in [3.8, 4) is 5.75 Å². The van der Waals surface area contributed by atoms with E-state index in [1.54, 1.807) is 18.2 Å². The summed E-state index contributed by atoms with van der Waals surface area (Å²) in [4.78, 5) is 0. The maximum absolute atomic E-state index is 10.8. The average Bonchev–Trinajstić information content (AvgIpc) is 1.98. The van der Waals surface area contributed by atoms with E-state index in [0.29, 0.717) is 10.2 Å². The van der Waals surface area contributed by atoms with Crippen LogP contribution < -0.4 is 4.72 Å². The molecule has 0 fully saturated rings. The summed E-state index contributed by atoms with van der Waals surface area (Å²) in [6, 6.07) is 5.11. The van der Waals surface area contributed by atoms with Gasteiger partial charge < -0.3 is 9.83 Å². The van der Waals surface area contributed by atoms with Crippen LogP contribution in [0.2, 0.25) is 0 Å². The highest BCUT2D eigenvalue weighted by Gasteiger charge is 2.04. The van der Waals surface area contributed by atoms with E-state index < -0.39 is 11.0 Å². The molecule has 5 heteroatoms. The maximum atomic E-state index is 10.8. The second-order valence-corrected chi connectivity index (χ2v) is 4.16. The van der Waals surface area contributed by atoms with Gasteiger partial charge in [-0.05, 0) is 28.1 Å². The van der Waals surface area contributed by atoms with Crippen LogP contribution in [0.5, 0.6) is 5.75 Å². The van der Waals surface area contributed by atoms with Gasteiger partial charge in [0, 0.05) is 6.26 Å². The van der Waals surface area contributed by atoms with Gasteiger partial charge in [0.2, 0.25) is 0 Å². The van der Waals surface area contributed by atoms with Crippen LogP contribution in [0.4, 0.5) is 5.69 Å². The molecule has 0 aliphatic carbocycles. The van der Waals surface area contributed by atoms with Crippen LogP contribution in [-0.2, 0) is 11.0 Å². The number of para-hydroxylation sites is 1. The topological polar surface area (TPSA) is 49.3 Å². The number of halogens is 1. The molecule has 1 aromatic rings. The van der Waals surface area contributed by atoms with E-state index >= 15 is 0 Å². The summed E-state index contributed by atoms with van der Waals surface area (Å²) in [5, 5.41) is 9.40. The fourth-order valence-electron chi connectivity index (χ4n) is 0.753. The van der Waals surface area contributed by atoms with Crippen LogP contribution in [0.15, 0.2) is 22.7 Å². The molecule has 1 aromatic carbocycles. The van der Waals surface area contributed by atoms with Crippen molar-refractivity contribution < 1.29 is 9.32 Å².